The highest BCUT2D eigenvalue weighted by atomic mass is 16.6. The summed E-state index contributed by atoms with van der Waals surface area (Å²) < 4.78 is 10.1. The average molecular weight is 298 g/mol. The van der Waals surface area contributed by atoms with Crippen molar-refractivity contribution in [2.24, 2.45) is 5.92 Å². The summed E-state index contributed by atoms with van der Waals surface area (Å²) >= 11 is 0. The van der Waals surface area contributed by atoms with Gasteiger partial charge in [0.1, 0.15) is 6.61 Å². The summed E-state index contributed by atoms with van der Waals surface area (Å²) in [5, 5.41) is 0. The van der Waals surface area contributed by atoms with E-state index < -0.39 is 0 Å². The molecule has 124 valence electrons. The summed E-state index contributed by atoms with van der Waals surface area (Å²) in [7, 11) is 0. The number of rotatable bonds is 15. The topological polar surface area (TPSA) is 35.5 Å². The zero-order chi connectivity index (χ0) is 15.2. The van der Waals surface area contributed by atoms with E-state index in [1.807, 2.05) is 6.92 Å². The maximum absolute atomic E-state index is 11.2. The van der Waals surface area contributed by atoms with Gasteiger partial charge in [-0.25, -0.2) is 4.79 Å². The quantitative estimate of drug-likeness (QED) is 0.319. The molecular weight excluding hydrogens is 264 g/mol. The molecule has 0 spiro atoms. The van der Waals surface area contributed by atoms with Crippen LogP contribution in [0.2, 0.25) is 0 Å². The Morgan fingerprint density at radius 2 is 1.48 bits per heavy atom. The molecule has 0 aromatic rings. The maximum atomic E-state index is 11.2. The van der Waals surface area contributed by atoms with Gasteiger partial charge in [-0.1, -0.05) is 70.6 Å². The lowest BCUT2D eigenvalue weighted by Crippen LogP contribution is -2.13. The van der Waals surface area contributed by atoms with E-state index in [-0.39, 0.29) is 12.6 Å². The van der Waals surface area contributed by atoms with E-state index in [0.717, 1.165) is 12.3 Å². The van der Waals surface area contributed by atoms with E-state index in [9.17, 15) is 4.79 Å². The molecule has 1 aliphatic carbocycles. The van der Waals surface area contributed by atoms with E-state index >= 15 is 0 Å². The van der Waals surface area contributed by atoms with Crippen LogP contribution in [0.4, 0.5) is 0 Å². The Labute approximate surface area is 130 Å². The van der Waals surface area contributed by atoms with Crippen molar-refractivity contribution in [2.45, 2.75) is 84.0 Å². The Morgan fingerprint density at radius 3 is 2.05 bits per heavy atom. The predicted molar refractivity (Wildman–Crippen MR) is 86.3 cm³/mol. The van der Waals surface area contributed by atoms with Crippen molar-refractivity contribution >= 4 is 5.97 Å². The van der Waals surface area contributed by atoms with Crippen molar-refractivity contribution in [1.82, 2.24) is 0 Å². The number of esters is 1. The molecule has 0 atom stereocenters. The van der Waals surface area contributed by atoms with Gasteiger partial charge in [-0.2, -0.15) is 0 Å². The molecule has 0 aliphatic heterocycles. The Kier molecular flexibility index (Phi) is 11.5. The van der Waals surface area contributed by atoms with Gasteiger partial charge in [0.2, 0.25) is 0 Å². The summed E-state index contributed by atoms with van der Waals surface area (Å²) in [6, 6.07) is 0. The van der Waals surface area contributed by atoms with Gasteiger partial charge in [-0.3, -0.25) is 0 Å². The zero-order valence-corrected chi connectivity index (χ0v) is 13.9. The fourth-order valence-electron chi connectivity index (χ4n) is 2.59. The molecule has 1 fully saturated rings. The Hall–Kier alpha value is -0.570. The SMILES string of the molecule is CCOCC(=O)OCCCCCCCCCCCC1CC1. The third-order valence-corrected chi connectivity index (χ3v) is 4.14. The van der Waals surface area contributed by atoms with Crippen molar-refractivity contribution in [1.29, 1.82) is 0 Å². The lowest BCUT2D eigenvalue weighted by atomic mass is 10.1. The Bertz CT molecular complexity index is 249. The number of ether oxygens (including phenoxy) is 2. The molecule has 0 aromatic heterocycles. The summed E-state index contributed by atoms with van der Waals surface area (Å²) in [6.07, 6.45) is 16.3. The molecule has 0 bridgehead atoms. The summed E-state index contributed by atoms with van der Waals surface area (Å²) in [5.74, 6) is 0.871. The molecule has 21 heavy (non-hydrogen) atoms. The van der Waals surface area contributed by atoms with Crippen LogP contribution in [-0.2, 0) is 14.3 Å². The van der Waals surface area contributed by atoms with Gasteiger partial charge < -0.3 is 9.47 Å². The second-order valence-electron chi connectivity index (χ2n) is 6.27. The number of unbranched alkanes of at least 4 members (excludes halogenated alkanes) is 8. The molecule has 3 nitrogen and oxygen atoms in total. The van der Waals surface area contributed by atoms with E-state index in [2.05, 4.69) is 0 Å². The first-order valence-electron chi connectivity index (χ1n) is 9.06. The van der Waals surface area contributed by atoms with Crippen LogP contribution in [0, 0.1) is 5.92 Å². The fourth-order valence-corrected chi connectivity index (χ4v) is 2.59. The molecule has 0 unspecified atom stereocenters. The highest BCUT2D eigenvalue weighted by Crippen LogP contribution is 2.34. The lowest BCUT2D eigenvalue weighted by molar-refractivity contribution is -0.148. The van der Waals surface area contributed by atoms with Crippen LogP contribution in [0.3, 0.4) is 0 Å². The third-order valence-electron chi connectivity index (χ3n) is 4.14. The van der Waals surface area contributed by atoms with Gasteiger partial charge >= 0.3 is 5.97 Å². The fraction of sp³-hybridized carbons (Fsp3) is 0.944. The minimum Gasteiger partial charge on any atom is -0.464 e. The van der Waals surface area contributed by atoms with Gasteiger partial charge in [0.25, 0.3) is 0 Å². The van der Waals surface area contributed by atoms with Crippen LogP contribution in [0.5, 0.6) is 0 Å². The first kappa shape index (κ1) is 18.5. The molecule has 3 heteroatoms. The summed E-state index contributed by atoms with van der Waals surface area (Å²) in [4.78, 5) is 11.2. The van der Waals surface area contributed by atoms with Crippen LogP contribution < -0.4 is 0 Å². The molecule has 0 amide bonds. The number of hydrogen-bond acceptors (Lipinski definition) is 3. The van der Waals surface area contributed by atoms with Crippen molar-refractivity contribution in [2.75, 3.05) is 19.8 Å². The minimum atomic E-state index is -0.233. The monoisotopic (exact) mass is 298 g/mol. The summed E-state index contributed by atoms with van der Waals surface area (Å²) in [5.41, 5.74) is 0. The van der Waals surface area contributed by atoms with Crippen LogP contribution in [0.1, 0.15) is 84.0 Å². The van der Waals surface area contributed by atoms with Gasteiger partial charge in [0.05, 0.1) is 6.61 Å². The molecule has 0 saturated heterocycles. The smallest absolute Gasteiger partial charge is 0.332 e. The van der Waals surface area contributed by atoms with Crippen LogP contribution in [0.15, 0.2) is 0 Å². The molecule has 0 radical (unpaired) electrons. The minimum absolute atomic E-state index is 0.0945. The van der Waals surface area contributed by atoms with E-state index in [1.54, 1.807) is 0 Å². The number of carbonyl (C=O) groups excluding carboxylic acids is 1. The van der Waals surface area contributed by atoms with Crippen molar-refractivity contribution in [3.05, 3.63) is 0 Å². The van der Waals surface area contributed by atoms with Gasteiger partial charge in [-0.05, 0) is 19.3 Å². The second kappa shape index (κ2) is 13.1. The molecular formula is C18H34O3. The highest BCUT2D eigenvalue weighted by Gasteiger charge is 2.19. The van der Waals surface area contributed by atoms with E-state index in [1.165, 1.54) is 70.6 Å². The summed E-state index contributed by atoms with van der Waals surface area (Å²) in [6.45, 7) is 3.08. The molecule has 0 aromatic carbocycles. The Balaban J connectivity index is 1.67. The Morgan fingerprint density at radius 1 is 0.905 bits per heavy atom. The van der Waals surface area contributed by atoms with Crippen molar-refractivity contribution in [3.8, 4) is 0 Å². The number of hydrogen-bond donors (Lipinski definition) is 0. The van der Waals surface area contributed by atoms with Gasteiger partial charge in [-0.15, -0.1) is 0 Å². The lowest BCUT2D eigenvalue weighted by Gasteiger charge is -2.05. The normalized spacial score (nSPS) is 14.3. The molecule has 1 rings (SSSR count). The third kappa shape index (κ3) is 12.9. The molecule has 1 aliphatic rings. The van der Waals surface area contributed by atoms with Crippen LogP contribution in [-0.4, -0.2) is 25.8 Å². The zero-order valence-electron chi connectivity index (χ0n) is 13.9. The first-order valence-corrected chi connectivity index (χ1v) is 9.06. The molecule has 0 heterocycles. The van der Waals surface area contributed by atoms with Crippen molar-refractivity contribution < 1.29 is 14.3 Å². The van der Waals surface area contributed by atoms with Crippen molar-refractivity contribution in [3.63, 3.8) is 0 Å². The van der Waals surface area contributed by atoms with Gasteiger partial charge in [0.15, 0.2) is 0 Å². The van der Waals surface area contributed by atoms with E-state index in [0.29, 0.717) is 13.2 Å². The molecule has 0 N–H and O–H groups in total. The van der Waals surface area contributed by atoms with Gasteiger partial charge in [0, 0.05) is 6.61 Å². The number of carbonyl (C=O) groups is 1. The van der Waals surface area contributed by atoms with Crippen LogP contribution >= 0.6 is 0 Å². The first-order chi connectivity index (χ1) is 10.3. The maximum Gasteiger partial charge on any atom is 0.332 e. The second-order valence-corrected chi connectivity index (χ2v) is 6.27. The predicted octanol–water partition coefficient (Wildman–Crippen LogP) is 4.88. The largest absolute Gasteiger partial charge is 0.464 e. The standard InChI is InChI=1S/C18H34O3/c1-2-20-16-18(19)21-15-11-9-7-5-3-4-6-8-10-12-17-13-14-17/h17H,2-16H2,1H3. The average Bonchev–Trinajstić information content (AvgIpc) is 3.30. The molecule has 1 saturated carbocycles. The highest BCUT2D eigenvalue weighted by molar-refractivity contribution is 5.70. The van der Waals surface area contributed by atoms with E-state index in [4.69, 9.17) is 9.47 Å². The van der Waals surface area contributed by atoms with Crippen LogP contribution in [0.25, 0.3) is 0 Å².